The monoisotopic (exact) mass is 388 g/mol. The number of thiophene rings is 1. The van der Waals surface area contributed by atoms with Gasteiger partial charge in [0.05, 0.1) is 18.6 Å². The van der Waals surface area contributed by atoms with Gasteiger partial charge in [0.15, 0.2) is 5.16 Å². The number of nitrogens with one attached hydrogen (secondary N) is 1. The Morgan fingerprint density at radius 1 is 1.31 bits per heavy atom. The van der Waals surface area contributed by atoms with Gasteiger partial charge in [-0.15, -0.1) is 21.5 Å². The Kier molecular flexibility index (Phi) is 6.30. The van der Waals surface area contributed by atoms with Gasteiger partial charge < -0.3 is 10.1 Å². The van der Waals surface area contributed by atoms with Gasteiger partial charge in [0.1, 0.15) is 11.6 Å². The summed E-state index contributed by atoms with van der Waals surface area (Å²) < 4.78 is 7.20. The summed E-state index contributed by atoms with van der Waals surface area (Å²) in [6, 6.07) is 11.8. The molecule has 3 aromatic rings. The van der Waals surface area contributed by atoms with E-state index in [-0.39, 0.29) is 5.91 Å². The van der Waals surface area contributed by atoms with E-state index in [1.807, 2.05) is 47.2 Å². The molecule has 0 aliphatic carbocycles. The molecule has 2 aromatic heterocycles. The Hall–Kier alpha value is -2.32. The lowest BCUT2D eigenvalue weighted by Gasteiger charge is -2.10. The molecule has 0 atom stereocenters. The molecule has 1 amide bonds. The number of methoxy groups -OCH3 is 1. The van der Waals surface area contributed by atoms with Gasteiger partial charge in [-0.3, -0.25) is 9.36 Å². The van der Waals surface area contributed by atoms with E-state index in [1.165, 1.54) is 16.6 Å². The van der Waals surface area contributed by atoms with Crippen molar-refractivity contribution in [2.45, 2.75) is 18.5 Å². The topological polar surface area (TPSA) is 69.0 Å². The fourth-order valence-corrected chi connectivity index (χ4v) is 3.98. The fraction of sp³-hybridized carbons (Fsp3) is 0.278. The summed E-state index contributed by atoms with van der Waals surface area (Å²) in [5.74, 6) is 1.81. The molecule has 0 fully saturated rings. The first-order valence-electron chi connectivity index (χ1n) is 8.15. The van der Waals surface area contributed by atoms with Crippen molar-refractivity contribution >= 4 is 29.0 Å². The summed E-state index contributed by atoms with van der Waals surface area (Å²) in [6.45, 7) is 2.53. The average molecular weight is 389 g/mol. The Bertz CT molecular complexity index is 862. The number of ether oxygens (including phenoxy) is 1. The maximum atomic E-state index is 12.1. The van der Waals surface area contributed by atoms with Crippen molar-refractivity contribution in [2.24, 2.45) is 0 Å². The molecule has 6 nitrogen and oxygen atoms in total. The largest absolute Gasteiger partial charge is 0.497 e. The first-order valence-corrected chi connectivity index (χ1v) is 10.0. The van der Waals surface area contributed by atoms with Crippen LogP contribution < -0.4 is 10.1 Å². The first kappa shape index (κ1) is 18.5. The zero-order valence-electron chi connectivity index (χ0n) is 14.6. The van der Waals surface area contributed by atoms with Crippen LogP contribution in [0.2, 0.25) is 0 Å². The highest BCUT2D eigenvalue weighted by Crippen LogP contribution is 2.24. The number of carbonyl (C=O) groups excluding carboxylic acids is 1. The van der Waals surface area contributed by atoms with Crippen LogP contribution in [0.25, 0.3) is 5.69 Å². The summed E-state index contributed by atoms with van der Waals surface area (Å²) in [5.41, 5.74) is 0.910. The van der Waals surface area contributed by atoms with Crippen molar-refractivity contribution in [2.75, 3.05) is 19.4 Å². The van der Waals surface area contributed by atoms with Gasteiger partial charge in [-0.2, -0.15) is 0 Å². The van der Waals surface area contributed by atoms with Crippen LogP contribution >= 0.6 is 23.1 Å². The van der Waals surface area contributed by atoms with Crippen LogP contribution in [0.15, 0.2) is 46.9 Å². The lowest BCUT2D eigenvalue weighted by molar-refractivity contribution is -0.118. The van der Waals surface area contributed by atoms with E-state index < -0.39 is 0 Å². The summed E-state index contributed by atoms with van der Waals surface area (Å²) in [4.78, 5) is 13.4. The molecule has 26 heavy (non-hydrogen) atoms. The highest BCUT2D eigenvalue weighted by Gasteiger charge is 2.13. The van der Waals surface area contributed by atoms with Crippen LogP contribution in [-0.4, -0.2) is 40.1 Å². The number of aryl methyl sites for hydroxylation is 1. The SMILES string of the molecule is COc1cccc(-n2c(C)nnc2SCC(=O)NCCc2cccs2)c1. The second kappa shape index (κ2) is 8.86. The Balaban J connectivity index is 1.59. The summed E-state index contributed by atoms with van der Waals surface area (Å²) in [7, 11) is 1.63. The highest BCUT2D eigenvalue weighted by atomic mass is 32.2. The molecule has 0 aliphatic heterocycles. The molecule has 0 spiro atoms. The maximum absolute atomic E-state index is 12.1. The quantitative estimate of drug-likeness (QED) is 0.601. The van der Waals surface area contributed by atoms with E-state index in [1.54, 1.807) is 18.4 Å². The Morgan fingerprint density at radius 2 is 2.19 bits per heavy atom. The van der Waals surface area contributed by atoms with Crippen LogP contribution in [0.1, 0.15) is 10.7 Å². The van der Waals surface area contributed by atoms with Crippen molar-refractivity contribution in [3.63, 3.8) is 0 Å². The van der Waals surface area contributed by atoms with E-state index in [2.05, 4.69) is 21.6 Å². The van der Waals surface area contributed by atoms with Crippen molar-refractivity contribution < 1.29 is 9.53 Å². The van der Waals surface area contributed by atoms with Gasteiger partial charge in [-0.1, -0.05) is 23.9 Å². The van der Waals surface area contributed by atoms with E-state index in [9.17, 15) is 4.79 Å². The smallest absolute Gasteiger partial charge is 0.230 e. The molecule has 0 unspecified atom stereocenters. The molecule has 0 radical (unpaired) electrons. The van der Waals surface area contributed by atoms with Crippen LogP contribution in [0, 0.1) is 6.92 Å². The van der Waals surface area contributed by atoms with E-state index >= 15 is 0 Å². The number of thioether (sulfide) groups is 1. The zero-order chi connectivity index (χ0) is 18.4. The highest BCUT2D eigenvalue weighted by molar-refractivity contribution is 7.99. The van der Waals surface area contributed by atoms with Crippen molar-refractivity contribution in [1.82, 2.24) is 20.1 Å². The third-order valence-corrected chi connectivity index (χ3v) is 5.58. The molecule has 0 saturated carbocycles. The Morgan fingerprint density at radius 3 is 2.96 bits per heavy atom. The van der Waals surface area contributed by atoms with Crippen molar-refractivity contribution in [3.8, 4) is 11.4 Å². The first-order chi connectivity index (χ1) is 12.7. The van der Waals surface area contributed by atoms with Crippen LogP contribution in [0.5, 0.6) is 5.75 Å². The summed E-state index contributed by atoms with van der Waals surface area (Å²) in [6.07, 6.45) is 0.854. The standard InChI is InChI=1S/C18H20N4O2S2/c1-13-20-21-18(22(13)14-5-3-6-15(11-14)24-2)26-12-17(23)19-9-8-16-7-4-10-25-16/h3-7,10-11H,8-9,12H2,1-2H3,(H,19,23). The number of amides is 1. The lowest BCUT2D eigenvalue weighted by Crippen LogP contribution is -2.27. The molecule has 136 valence electrons. The molecule has 3 rings (SSSR count). The predicted octanol–water partition coefficient (Wildman–Crippen LogP) is 3.10. The average Bonchev–Trinajstić information content (AvgIpc) is 3.29. The van der Waals surface area contributed by atoms with Crippen LogP contribution in [0.3, 0.4) is 0 Å². The minimum atomic E-state index is -0.00981. The predicted molar refractivity (Wildman–Crippen MR) is 104 cm³/mol. The fourth-order valence-electron chi connectivity index (χ4n) is 2.44. The lowest BCUT2D eigenvalue weighted by atomic mass is 10.3. The second-order valence-corrected chi connectivity index (χ2v) is 7.51. The molecule has 1 N–H and O–H groups in total. The number of hydrogen-bond acceptors (Lipinski definition) is 6. The molecule has 0 saturated heterocycles. The number of hydrogen-bond donors (Lipinski definition) is 1. The van der Waals surface area contributed by atoms with Gasteiger partial charge in [0.25, 0.3) is 0 Å². The van der Waals surface area contributed by atoms with Crippen LogP contribution in [-0.2, 0) is 11.2 Å². The van der Waals surface area contributed by atoms with Crippen molar-refractivity contribution in [1.29, 1.82) is 0 Å². The molecule has 1 aromatic carbocycles. The summed E-state index contributed by atoms with van der Waals surface area (Å²) in [5, 5.41) is 14.0. The number of aromatic nitrogens is 3. The van der Waals surface area contributed by atoms with Gasteiger partial charge in [0.2, 0.25) is 5.91 Å². The maximum Gasteiger partial charge on any atom is 0.230 e. The summed E-state index contributed by atoms with van der Waals surface area (Å²) >= 11 is 3.07. The minimum absolute atomic E-state index is 0.00981. The normalized spacial score (nSPS) is 10.7. The second-order valence-electron chi connectivity index (χ2n) is 5.53. The molecule has 2 heterocycles. The molecule has 8 heteroatoms. The van der Waals surface area contributed by atoms with Crippen LogP contribution in [0.4, 0.5) is 0 Å². The van der Waals surface area contributed by atoms with Gasteiger partial charge in [-0.25, -0.2) is 0 Å². The minimum Gasteiger partial charge on any atom is -0.497 e. The van der Waals surface area contributed by atoms with E-state index in [0.717, 1.165) is 23.7 Å². The van der Waals surface area contributed by atoms with E-state index in [4.69, 9.17) is 4.74 Å². The molecular formula is C18H20N4O2S2. The zero-order valence-corrected chi connectivity index (χ0v) is 16.3. The van der Waals surface area contributed by atoms with Gasteiger partial charge >= 0.3 is 0 Å². The van der Waals surface area contributed by atoms with Gasteiger partial charge in [-0.05, 0) is 36.9 Å². The number of benzene rings is 1. The third kappa shape index (κ3) is 4.64. The van der Waals surface area contributed by atoms with Gasteiger partial charge in [0, 0.05) is 17.5 Å². The molecule has 0 bridgehead atoms. The number of carbonyl (C=O) groups is 1. The Labute approximate surface area is 160 Å². The molecule has 0 aliphatic rings. The number of nitrogens with zero attached hydrogens (tertiary/aromatic N) is 3. The number of rotatable bonds is 8. The van der Waals surface area contributed by atoms with E-state index in [0.29, 0.717) is 17.5 Å². The van der Waals surface area contributed by atoms with Crippen molar-refractivity contribution in [3.05, 3.63) is 52.5 Å². The third-order valence-electron chi connectivity index (χ3n) is 3.71. The molecular weight excluding hydrogens is 368 g/mol.